The molecule has 0 unspecified atom stereocenters. The molecule has 0 saturated heterocycles. The van der Waals surface area contributed by atoms with E-state index in [-0.39, 0.29) is 102 Å². The topological polar surface area (TPSA) is 23.3 Å². The Morgan fingerprint density at radius 2 is 0.555 bits per heavy atom. The van der Waals surface area contributed by atoms with Crippen LogP contribution in [0.1, 0.15) is 146 Å². The Bertz CT molecular complexity index is 4940. The van der Waals surface area contributed by atoms with Crippen molar-refractivity contribution in [2.75, 3.05) is 0 Å². The average Bonchev–Trinajstić information content (AvgIpc) is 0.850. The second-order valence-corrected chi connectivity index (χ2v) is 27.5. The monoisotopic (exact) mass is 1840 g/mol. The summed E-state index contributed by atoms with van der Waals surface area (Å²) in [5, 5.41) is 7.83. The molecule has 0 aliphatic rings. The van der Waals surface area contributed by atoms with Gasteiger partial charge >= 0.3 is 0 Å². The van der Waals surface area contributed by atoms with Crippen molar-refractivity contribution >= 4 is 43.4 Å². The van der Waals surface area contributed by atoms with Gasteiger partial charge in [-0.05, 0) is 172 Å². The summed E-state index contributed by atoms with van der Waals surface area (Å²) in [5.41, 5.74) is 15.0. The van der Waals surface area contributed by atoms with Gasteiger partial charge in [0.2, 0.25) is 11.0 Å². The fraction of sp³-hybridized carbons (Fsp3) is 0.265. The van der Waals surface area contributed by atoms with Crippen molar-refractivity contribution in [1.29, 1.82) is 0 Å². The Morgan fingerprint density at radius 3 is 0.945 bits per heavy atom. The number of hydrogen-bond acceptors (Lipinski definition) is 0. The fourth-order valence-corrected chi connectivity index (χ4v) is 13.1. The normalized spacial score (nSPS) is 10.1. The summed E-state index contributed by atoms with van der Waals surface area (Å²) < 4.78 is 13.8. The van der Waals surface area contributed by atoms with Crippen LogP contribution in [0.3, 0.4) is 0 Å². The van der Waals surface area contributed by atoms with E-state index in [2.05, 4.69) is 371 Å². The van der Waals surface area contributed by atoms with Crippen LogP contribution in [0, 0.1) is 75.1 Å². The highest BCUT2D eigenvalue weighted by Gasteiger charge is 2.11. The Balaban J connectivity index is 0.000000288. The average molecular weight is 1840 g/mol. The maximum absolute atomic E-state index is 3.34. The molecule has 0 fully saturated rings. The molecule has 0 aliphatic carbocycles. The lowest BCUT2D eigenvalue weighted by atomic mass is 10.0. The Hall–Kier alpha value is -8.40. The zero-order chi connectivity index (χ0) is 71.6. The molecule has 0 atom stereocenters. The minimum atomic E-state index is 0. The maximum Gasteiger partial charge on any atom is 0.212 e. The summed E-state index contributed by atoms with van der Waals surface area (Å²) in [7, 11) is 0. The van der Waals surface area contributed by atoms with Crippen LogP contribution in [0.4, 0.5) is 0 Å². The van der Waals surface area contributed by atoms with Crippen molar-refractivity contribution in [1.82, 2.24) is 0 Å². The smallest absolute Gasteiger partial charge is 0.212 e. The lowest BCUT2D eigenvalue weighted by molar-refractivity contribution is -0.697. The van der Waals surface area contributed by atoms with Gasteiger partial charge in [-0.15, -0.1) is 0 Å². The number of aryl methyl sites for hydroxylation is 12. The number of hydrogen-bond donors (Lipinski definition) is 0. The number of rotatable bonds is 24. The summed E-state index contributed by atoms with van der Waals surface area (Å²) in [6.45, 7) is 14.8. The number of halogens is 6. The lowest BCUT2D eigenvalue weighted by Crippen LogP contribution is -3.00. The summed E-state index contributed by atoms with van der Waals surface area (Å²) in [6, 6.07) is 77.4. The standard InChI is InChI=1S/C34H30N2.C34H38N2.C30H34N2.6BrH/c1(9-24-35-26-12-20-31-18-5-7-22-33(31)35)3-14-29-16-11-17-30(28-29)15-4-2-10-25-36-27-13-21-32-19-6-8-23-34(32)36;1(9-22-35-24-20-31-16-5-7-18-33(31)27-35)3-12-29-14-11-15-30(26-29)13-4-2-10-23-36-25-21-32-17-6-8-19-34(32)28-36;1-25-16-20-31(23-27(25)3)18-9-5-7-12-29-14-11-15-30(22-29)13-8-6-10-19-32-21-17-26(2)28(4)24-32;;;;;;/h5-8,11-13,16-23,26-28H,1-2,9-10,24-25H2;5-8,11,14-21,24-28H,1-4,9-10,12-13,22-23H2;11,14-17,20-24H,5-6,9-10,18-19H2,1-4H3;6*1H/q3*+2;;;;;;/p-6. The molecular formula is C98H102Br6N6. The van der Waals surface area contributed by atoms with Gasteiger partial charge < -0.3 is 102 Å². The SMILES string of the molecule is C(#Cc1cccc(C#CCCC[n+]2cccc3ccccc32)c1)CCC[n+]1cccc2ccccc21.Cc1cc[n+](CCCC#Cc2cccc(C#CCCC[n+]3ccc(C)c(C)c3)c2)cc1C.[Br-].[Br-].[Br-].[Br-].[Br-].[Br-].c1cc(CCCCC[n+]2ccc3ccccc3c2)cc(CCCCC[n+]2ccc3ccccc3c2)c1. The minimum Gasteiger partial charge on any atom is -1.00 e. The molecule has 13 aromatic rings. The minimum absolute atomic E-state index is 0. The van der Waals surface area contributed by atoms with Crippen LogP contribution in [0.5, 0.6) is 0 Å². The zero-order valence-electron chi connectivity index (χ0n) is 64.1. The first-order valence-electron chi connectivity index (χ1n) is 37.9. The second kappa shape index (κ2) is 51.2. The van der Waals surface area contributed by atoms with Crippen LogP contribution in [-0.4, -0.2) is 0 Å². The third-order valence-electron chi connectivity index (χ3n) is 19.3. The fourth-order valence-electron chi connectivity index (χ4n) is 13.1. The van der Waals surface area contributed by atoms with E-state index in [1.807, 2.05) is 12.1 Å². The van der Waals surface area contributed by atoms with E-state index in [0.717, 1.165) is 113 Å². The first kappa shape index (κ1) is 92.2. The molecule has 0 spiro atoms. The molecule has 0 aliphatic heterocycles. The van der Waals surface area contributed by atoms with Gasteiger partial charge in [0.25, 0.3) is 0 Å². The lowest BCUT2D eigenvalue weighted by Gasteiger charge is -2.06. The first-order chi connectivity index (χ1) is 51.2. The van der Waals surface area contributed by atoms with Gasteiger partial charge in [0.1, 0.15) is 39.3 Å². The largest absolute Gasteiger partial charge is 1.00 e. The number of nitrogens with zero attached hydrogens (tertiary/aromatic N) is 6. The van der Waals surface area contributed by atoms with Gasteiger partial charge in [-0.1, -0.05) is 144 Å². The second-order valence-electron chi connectivity index (χ2n) is 27.5. The number of aromatic nitrogens is 6. The van der Waals surface area contributed by atoms with E-state index in [1.165, 1.54) is 128 Å². The van der Waals surface area contributed by atoms with Crippen molar-refractivity contribution in [3.8, 4) is 47.4 Å². The summed E-state index contributed by atoms with van der Waals surface area (Å²) >= 11 is 0. The number of pyridine rings is 6. The molecule has 6 nitrogen and oxygen atoms in total. The molecular weight excluding hydrogens is 1740 g/mol. The van der Waals surface area contributed by atoms with Crippen LogP contribution in [0.15, 0.2) is 280 Å². The first-order valence-corrected chi connectivity index (χ1v) is 37.9. The van der Waals surface area contributed by atoms with Crippen molar-refractivity contribution in [2.45, 2.75) is 170 Å². The van der Waals surface area contributed by atoms with Gasteiger partial charge in [0.05, 0.1) is 0 Å². The third kappa shape index (κ3) is 30.7. The summed E-state index contributed by atoms with van der Waals surface area (Å²) in [5.74, 6) is 26.5. The highest BCUT2D eigenvalue weighted by molar-refractivity contribution is 5.81. The van der Waals surface area contributed by atoms with Gasteiger partial charge in [0, 0.05) is 168 Å². The van der Waals surface area contributed by atoms with E-state index >= 15 is 0 Å². The van der Waals surface area contributed by atoms with Crippen molar-refractivity contribution in [3.63, 3.8) is 0 Å². The molecule has 0 amide bonds. The highest BCUT2D eigenvalue weighted by atomic mass is 79.9. The number of fused-ring (bicyclic) bond motifs is 4. The molecule has 13 rings (SSSR count). The Labute approximate surface area is 719 Å². The molecule has 0 radical (unpaired) electrons. The molecule has 0 N–H and O–H groups in total. The predicted molar refractivity (Wildman–Crippen MR) is 428 cm³/mol. The molecule has 6 aromatic heterocycles. The molecule has 110 heavy (non-hydrogen) atoms. The van der Waals surface area contributed by atoms with Crippen LogP contribution in [0.25, 0.3) is 43.4 Å². The van der Waals surface area contributed by atoms with Gasteiger partial charge in [-0.3, -0.25) is 0 Å². The van der Waals surface area contributed by atoms with Gasteiger partial charge in [-0.25, -0.2) is 18.3 Å². The van der Waals surface area contributed by atoms with Gasteiger partial charge in [0.15, 0.2) is 62.0 Å². The molecule has 6 heterocycles. The van der Waals surface area contributed by atoms with Crippen molar-refractivity contribution in [2.24, 2.45) is 0 Å². The zero-order valence-corrected chi connectivity index (χ0v) is 73.6. The highest BCUT2D eigenvalue weighted by Crippen LogP contribution is 2.17. The maximum atomic E-state index is 3.34. The quantitative estimate of drug-likeness (QED) is 0.0487. The van der Waals surface area contributed by atoms with Crippen LogP contribution >= 0.6 is 0 Å². The summed E-state index contributed by atoms with van der Waals surface area (Å²) in [4.78, 5) is 0. The number of benzene rings is 7. The summed E-state index contributed by atoms with van der Waals surface area (Å²) in [6.07, 6.45) is 39.6. The van der Waals surface area contributed by atoms with E-state index in [1.54, 1.807) is 0 Å². The van der Waals surface area contributed by atoms with Gasteiger partial charge in [-0.2, -0.15) is 9.13 Å². The van der Waals surface area contributed by atoms with E-state index in [0.29, 0.717) is 0 Å². The molecule has 7 aromatic carbocycles. The van der Waals surface area contributed by atoms with Crippen LogP contribution in [-0.2, 0) is 52.1 Å². The molecule has 0 saturated carbocycles. The van der Waals surface area contributed by atoms with Crippen LogP contribution < -0.4 is 129 Å². The van der Waals surface area contributed by atoms with Crippen molar-refractivity contribution in [3.05, 3.63) is 336 Å². The Kier molecular flexibility index (Phi) is 42.9. The molecule has 566 valence electrons. The van der Waals surface area contributed by atoms with E-state index in [4.69, 9.17) is 0 Å². The van der Waals surface area contributed by atoms with Crippen molar-refractivity contribution < 1.29 is 129 Å². The van der Waals surface area contributed by atoms with E-state index in [9.17, 15) is 0 Å². The number of para-hydroxylation sites is 2. The molecule has 12 heteroatoms. The Morgan fingerprint density at radius 1 is 0.236 bits per heavy atom. The van der Waals surface area contributed by atoms with E-state index < -0.39 is 0 Å². The van der Waals surface area contributed by atoms with Crippen LogP contribution in [0.2, 0.25) is 0 Å². The molecule has 0 bridgehead atoms. The third-order valence-corrected chi connectivity index (χ3v) is 19.3. The number of unbranched alkanes of at least 4 members (excludes halogenated alkanes) is 8. The predicted octanol–water partition coefficient (Wildman–Crippen LogP) is 0.809.